The van der Waals surface area contributed by atoms with E-state index in [2.05, 4.69) is 10.3 Å². The monoisotopic (exact) mass is 379 g/mol. The molecule has 0 bridgehead atoms. The largest absolute Gasteiger partial charge is 0.341 e. The summed E-state index contributed by atoms with van der Waals surface area (Å²) in [6.45, 7) is 1.44. The zero-order chi connectivity index (χ0) is 19.8. The highest BCUT2D eigenvalue weighted by Gasteiger charge is 2.28. The van der Waals surface area contributed by atoms with Crippen LogP contribution in [0.2, 0.25) is 0 Å². The molecule has 28 heavy (non-hydrogen) atoms. The molecule has 1 aromatic heterocycles. The molecule has 1 atom stereocenters. The van der Waals surface area contributed by atoms with Gasteiger partial charge in [0.2, 0.25) is 11.8 Å². The van der Waals surface area contributed by atoms with Gasteiger partial charge in [0, 0.05) is 43.9 Å². The molecule has 1 aliphatic rings. The van der Waals surface area contributed by atoms with Crippen LogP contribution in [0.1, 0.15) is 54.1 Å². The summed E-state index contributed by atoms with van der Waals surface area (Å²) in [5.41, 5.74) is 1.24. The van der Waals surface area contributed by atoms with Crippen molar-refractivity contribution in [3.63, 3.8) is 0 Å². The highest BCUT2D eigenvalue weighted by Crippen LogP contribution is 2.19. The van der Waals surface area contributed by atoms with Crippen molar-refractivity contribution in [3.05, 3.63) is 66.0 Å². The van der Waals surface area contributed by atoms with Gasteiger partial charge >= 0.3 is 0 Å². The number of amides is 2. The number of hydrogen-bond donors (Lipinski definition) is 1. The quantitative estimate of drug-likeness (QED) is 0.750. The molecule has 1 unspecified atom stereocenters. The van der Waals surface area contributed by atoms with E-state index in [0.717, 1.165) is 37.9 Å². The average molecular weight is 379 g/mol. The Hall–Kier alpha value is -3.02. The fraction of sp³-hybridized carbons (Fsp3) is 0.364. The molecule has 1 fully saturated rings. The molecule has 146 valence electrons. The third-order valence-corrected chi connectivity index (χ3v) is 4.92. The number of Topliss-reactive ketones (excluding diaryl/α,β-unsaturated/α-hetero) is 1. The van der Waals surface area contributed by atoms with Crippen LogP contribution in [-0.2, 0) is 9.59 Å². The van der Waals surface area contributed by atoms with E-state index in [1.54, 1.807) is 18.3 Å². The molecule has 0 aliphatic carbocycles. The molecule has 1 aliphatic heterocycles. The van der Waals surface area contributed by atoms with E-state index in [0.29, 0.717) is 5.56 Å². The molecule has 2 heterocycles. The van der Waals surface area contributed by atoms with Crippen LogP contribution >= 0.6 is 0 Å². The highest BCUT2D eigenvalue weighted by atomic mass is 16.2. The molecular weight excluding hydrogens is 354 g/mol. The summed E-state index contributed by atoms with van der Waals surface area (Å²) in [7, 11) is 0. The summed E-state index contributed by atoms with van der Waals surface area (Å²) in [4.78, 5) is 43.5. The second kappa shape index (κ2) is 9.78. The minimum atomic E-state index is -0.722. The molecule has 6 heteroatoms. The van der Waals surface area contributed by atoms with E-state index in [9.17, 15) is 14.4 Å². The van der Waals surface area contributed by atoms with E-state index in [1.165, 1.54) is 6.20 Å². The lowest BCUT2D eigenvalue weighted by atomic mass is 10.0. The van der Waals surface area contributed by atoms with Gasteiger partial charge in [-0.05, 0) is 37.0 Å². The molecule has 2 amide bonds. The second-order valence-corrected chi connectivity index (χ2v) is 6.96. The number of aromatic nitrogens is 1. The molecule has 3 rings (SSSR count). The number of carbonyl (C=O) groups is 3. The standard InChI is InChI=1S/C22H25N3O3/c26-19(18-10-7-13-23-16-18)11-12-20(27)24-21(17-8-3-1-4-9-17)22(28)25-14-5-2-6-15-25/h1,3-4,7-10,13,16,21H,2,5-6,11-12,14-15H2,(H,24,27). The van der Waals surface area contributed by atoms with Gasteiger partial charge in [-0.15, -0.1) is 0 Å². The van der Waals surface area contributed by atoms with Crippen LogP contribution < -0.4 is 5.32 Å². The fourth-order valence-corrected chi connectivity index (χ4v) is 3.36. The minimum absolute atomic E-state index is 0.0321. The summed E-state index contributed by atoms with van der Waals surface area (Å²) >= 11 is 0. The SMILES string of the molecule is O=C(CCC(=O)c1cccnc1)NC(C(=O)N1CCCCC1)c1ccccc1. The number of nitrogens with one attached hydrogen (secondary N) is 1. The second-order valence-electron chi connectivity index (χ2n) is 6.96. The van der Waals surface area contributed by atoms with Crippen LogP contribution in [0.15, 0.2) is 54.9 Å². The molecule has 6 nitrogen and oxygen atoms in total. The van der Waals surface area contributed by atoms with Gasteiger partial charge in [-0.25, -0.2) is 0 Å². The van der Waals surface area contributed by atoms with Crippen LogP contribution in [0.3, 0.4) is 0 Å². The molecule has 1 N–H and O–H groups in total. The predicted octanol–water partition coefficient (Wildman–Crippen LogP) is 2.91. The molecular formula is C22H25N3O3. The van der Waals surface area contributed by atoms with Gasteiger partial charge < -0.3 is 10.2 Å². The first-order valence-electron chi connectivity index (χ1n) is 9.71. The zero-order valence-corrected chi connectivity index (χ0v) is 15.8. The van der Waals surface area contributed by atoms with Crippen molar-refractivity contribution in [1.82, 2.24) is 15.2 Å². The summed E-state index contributed by atoms with van der Waals surface area (Å²) in [5.74, 6) is -0.531. The predicted molar refractivity (Wildman–Crippen MR) is 106 cm³/mol. The van der Waals surface area contributed by atoms with Gasteiger partial charge in [0.05, 0.1) is 0 Å². The summed E-state index contributed by atoms with van der Waals surface area (Å²) in [5, 5.41) is 2.84. The van der Waals surface area contributed by atoms with E-state index in [1.807, 2.05) is 35.2 Å². The van der Waals surface area contributed by atoms with Gasteiger partial charge in [0.1, 0.15) is 6.04 Å². The average Bonchev–Trinajstić information content (AvgIpc) is 2.77. The van der Waals surface area contributed by atoms with Gasteiger partial charge in [0.25, 0.3) is 0 Å². The molecule has 2 aromatic rings. The maximum atomic E-state index is 13.0. The van der Waals surface area contributed by atoms with Crippen LogP contribution in [0.4, 0.5) is 0 Å². The maximum Gasteiger partial charge on any atom is 0.249 e. The van der Waals surface area contributed by atoms with Gasteiger partial charge in [-0.1, -0.05) is 30.3 Å². The Labute approximate surface area is 165 Å². The maximum absolute atomic E-state index is 13.0. The molecule has 0 saturated carbocycles. The topological polar surface area (TPSA) is 79.4 Å². The zero-order valence-electron chi connectivity index (χ0n) is 15.8. The van der Waals surface area contributed by atoms with Crippen LogP contribution in [0.5, 0.6) is 0 Å². The number of carbonyl (C=O) groups excluding carboxylic acids is 3. The lowest BCUT2D eigenvalue weighted by Crippen LogP contribution is -2.45. The third kappa shape index (κ3) is 5.25. The Morgan fingerprint density at radius 3 is 2.39 bits per heavy atom. The van der Waals surface area contributed by atoms with Crippen molar-refractivity contribution in [2.24, 2.45) is 0 Å². The van der Waals surface area contributed by atoms with E-state index in [-0.39, 0.29) is 30.4 Å². The Morgan fingerprint density at radius 2 is 1.71 bits per heavy atom. The number of ketones is 1. The number of benzene rings is 1. The molecule has 1 saturated heterocycles. The highest BCUT2D eigenvalue weighted by molar-refractivity contribution is 5.98. The summed E-state index contributed by atoms with van der Waals surface area (Å²) < 4.78 is 0. The van der Waals surface area contributed by atoms with E-state index in [4.69, 9.17) is 0 Å². The fourth-order valence-electron chi connectivity index (χ4n) is 3.36. The number of pyridine rings is 1. The van der Waals surface area contributed by atoms with E-state index >= 15 is 0 Å². The van der Waals surface area contributed by atoms with Crippen molar-refractivity contribution >= 4 is 17.6 Å². The first-order chi connectivity index (χ1) is 13.6. The van der Waals surface area contributed by atoms with Crippen LogP contribution in [0, 0.1) is 0 Å². The lowest BCUT2D eigenvalue weighted by molar-refractivity contribution is -0.137. The van der Waals surface area contributed by atoms with E-state index < -0.39 is 6.04 Å². The smallest absolute Gasteiger partial charge is 0.249 e. The normalized spacial score (nSPS) is 14.9. The lowest BCUT2D eigenvalue weighted by Gasteiger charge is -2.31. The number of nitrogens with zero attached hydrogens (tertiary/aromatic N) is 2. The van der Waals surface area contributed by atoms with Gasteiger partial charge in [0.15, 0.2) is 5.78 Å². The van der Waals surface area contributed by atoms with Crippen molar-refractivity contribution in [1.29, 1.82) is 0 Å². The Morgan fingerprint density at radius 1 is 0.964 bits per heavy atom. The Balaban J connectivity index is 1.64. The first-order valence-corrected chi connectivity index (χ1v) is 9.71. The van der Waals surface area contributed by atoms with Crippen molar-refractivity contribution in [3.8, 4) is 0 Å². The van der Waals surface area contributed by atoms with Crippen LogP contribution in [0.25, 0.3) is 0 Å². The number of piperidine rings is 1. The van der Waals surface area contributed by atoms with Gasteiger partial charge in [-0.2, -0.15) is 0 Å². The van der Waals surface area contributed by atoms with Crippen molar-refractivity contribution < 1.29 is 14.4 Å². The Kier molecular flexibility index (Phi) is 6.89. The third-order valence-electron chi connectivity index (χ3n) is 4.92. The number of hydrogen-bond acceptors (Lipinski definition) is 4. The van der Waals surface area contributed by atoms with Crippen molar-refractivity contribution in [2.45, 2.75) is 38.1 Å². The van der Waals surface area contributed by atoms with Crippen LogP contribution in [-0.4, -0.2) is 40.6 Å². The first kappa shape index (κ1) is 19.7. The molecule has 0 radical (unpaired) electrons. The minimum Gasteiger partial charge on any atom is -0.341 e. The molecule has 0 spiro atoms. The Bertz CT molecular complexity index is 802. The number of rotatable bonds is 7. The summed E-state index contributed by atoms with van der Waals surface area (Å²) in [6, 6.07) is 11.9. The van der Waals surface area contributed by atoms with Crippen molar-refractivity contribution in [2.75, 3.05) is 13.1 Å². The molecule has 1 aromatic carbocycles. The van der Waals surface area contributed by atoms with Gasteiger partial charge in [-0.3, -0.25) is 19.4 Å². The summed E-state index contributed by atoms with van der Waals surface area (Å²) in [6.07, 6.45) is 6.30. The number of likely N-dealkylation sites (tertiary alicyclic amines) is 1.